The summed E-state index contributed by atoms with van der Waals surface area (Å²) in [7, 11) is 3.22. The summed E-state index contributed by atoms with van der Waals surface area (Å²) in [4.78, 5) is 15.1. The minimum atomic E-state index is 0.0259. The summed E-state index contributed by atoms with van der Waals surface area (Å²) in [5.41, 5.74) is 2.70. The van der Waals surface area contributed by atoms with Gasteiger partial charge in [-0.25, -0.2) is 0 Å². The molecule has 4 heteroatoms. The Balaban J connectivity index is 1.93. The Morgan fingerprint density at radius 1 is 1.08 bits per heavy atom. The summed E-state index contributed by atoms with van der Waals surface area (Å²) in [6, 6.07) is 14.0. The maximum Gasteiger partial charge on any atom is 0.254 e. The van der Waals surface area contributed by atoms with Crippen molar-refractivity contribution in [1.82, 2.24) is 4.90 Å². The Hall–Kier alpha value is -2.49. The fraction of sp³-hybridized carbons (Fsp3) is 0.350. The van der Waals surface area contributed by atoms with E-state index in [9.17, 15) is 4.79 Å². The second kappa shape index (κ2) is 6.95. The molecule has 0 saturated carbocycles. The van der Waals surface area contributed by atoms with E-state index >= 15 is 0 Å². The summed E-state index contributed by atoms with van der Waals surface area (Å²) < 4.78 is 10.8. The summed E-state index contributed by atoms with van der Waals surface area (Å²) in [6.07, 6.45) is 2.02. The highest BCUT2D eigenvalue weighted by atomic mass is 16.5. The van der Waals surface area contributed by atoms with Crippen molar-refractivity contribution in [3.63, 3.8) is 0 Å². The summed E-state index contributed by atoms with van der Waals surface area (Å²) >= 11 is 0. The molecule has 0 aliphatic carbocycles. The molecule has 0 N–H and O–H groups in total. The molecular weight excluding hydrogens is 302 g/mol. The average molecular weight is 325 g/mol. The maximum absolute atomic E-state index is 13.1. The van der Waals surface area contributed by atoms with Crippen LogP contribution in [0.25, 0.3) is 0 Å². The third-order valence-electron chi connectivity index (χ3n) is 4.70. The Morgan fingerprint density at radius 2 is 1.71 bits per heavy atom. The highest BCUT2D eigenvalue weighted by Gasteiger charge is 2.31. The van der Waals surface area contributed by atoms with Gasteiger partial charge in [0.2, 0.25) is 0 Å². The molecular formula is C20H23NO3. The van der Waals surface area contributed by atoms with Crippen LogP contribution < -0.4 is 9.47 Å². The number of amides is 1. The van der Waals surface area contributed by atoms with Crippen molar-refractivity contribution in [1.29, 1.82) is 0 Å². The third kappa shape index (κ3) is 2.96. The largest absolute Gasteiger partial charge is 0.496 e. The van der Waals surface area contributed by atoms with Gasteiger partial charge in [-0.3, -0.25) is 4.79 Å². The molecule has 0 aromatic heterocycles. The molecule has 1 amide bonds. The van der Waals surface area contributed by atoms with Crippen LogP contribution in [-0.4, -0.2) is 31.6 Å². The van der Waals surface area contributed by atoms with Gasteiger partial charge in [0.1, 0.15) is 11.5 Å². The second-order valence-corrected chi connectivity index (χ2v) is 6.07. The molecule has 3 rings (SSSR count). The third-order valence-corrected chi connectivity index (χ3v) is 4.70. The molecule has 4 nitrogen and oxygen atoms in total. The molecule has 2 aromatic rings. The van der Waals surface area contributed by atoms with Crippen LogP contribution in [-0.2, 0) is 0 Å². The van der Waals surface area contributed by atoms with Gasteiger partial charge in [0.15, 0.2) is 0 Å². The predicted octanol–water partition coefficient (Wildman–Crippen LogP) is 3.99. The first-order valence-electron chi connectivity index (χ1n) is 8.24. The number of hydrogen-bond acceptors (Lipinski definition) is 3. The molecule has 2 aromatic carbocycles. The van der Waals surface area contributed by atoms with Gasteiger partial charge < -0.3 is 14.4 Å². The van der Waals surface area contributed by atoms with Gasteiger partial charge in [-0.2, -0.15) is 0 Å². The monoisotopic (exact) mass is 325 g/mol. The standard InChI is InChI=1S/C20H23NO3/c1-14-18(23-2)12-16(13-19(14)24-3)20(22)21-11-7-10-17(21)15-8-5-4-6-9-15/h4-6,8-9,12-13,17H,7,10-11H2,1-3H3. The van der Waals surface area contributed by atoms with Gasteiger partial charge in [-0.15, -0.1) is 0 Å². The van der Waals surface area contributed by atoms with Gasteiger partial charge in [0.05, 0.1) is 20.3 Å². The van der Waals surface area contributed by atoms with Gasteiger partial charge in [0.25, 0.3) is 5.91 Å². The van der Waals surface area contributed by atoms with E-state index in [-0.39, 0.29) is 11.9 Å². The number of carbonyl (C=O) groups is 1. The zero-order valence-corrected chi connectivity index (χ0v) is 14.4. The zero-order valence-electron chi connectivity index (χ0n) is 14.4. The molecule has 1 aliphatic heterocycles. The minimum Gasteiger partial charge on any atom is -0.496 e. The summed E-state index contributed by atoms with van der Waals surface area (Å²) in [6.45, 7) is 2.70. The number of benzene rings is 2. The van der Waals surface area contributed by atoms with E-state index in [2.05, 4.69) is 12.1 Å². The van der Waals surface area contributed by atoms with E-state index in [1.807, 2.05) is 30.0 Å². The number of hydrogen-bond donors (Lipinski definition) is 0. The molecule has 1 heterocycles. The van der Waals surface area contributed by atoms with Crippen LogP contribution in [0.1, 0.15) is 40.4 Å². The van der Waals surface area contributed by atoms with Crippen LogP contribution in [0.4, 0.5) is 0 Å². The number of rotatable bonds is 4. The van der Waals surface area contributed by atoms with Crippen molar-refractivity contribution < 1.29 is 14.3 Å². The molecule has 0 radical (unpaired) electrons. The smallest absolute Gasteiger partial charge is 0.254 e. The summed E-state index contributed by atoms with van der Waals surface area (Å²) in [5.74, 6) is 1.37. The lowest BCUT2D eigenvalue weighted by Gasteiger charge is -2.26. The highest BCUT2D eigenvalue weighted by Crippen LogP contribution is 2.35. The number of ether oxygens (including phenoxy) is 2. The molecule has 1 atom stereocenters. The van der Waals surface area contributed by atoms with Crippen molar-refractivity contribution in [3.05, 3.63) is 59.2 Å². The van der Waals surface area contributed by atoms with E-state index in [4.69, 9.17) is 9.47 Å². The summed E-state index contributed by atoms with van der Waals surface area (Å²) in [5, 5.41) is 0. The molecule has 0 spiro atoms. The molecule has 126 valence electrons. The lowest BCUT2D eigenvalue weighted by molar-refractivity contribution is 0.0735. The molecule has 1 saturated heterocycles. The van der Waals surface area contributed by atoms with Crippen LogP contribution >= 0.6 is 0 Å². The first-order valence-corrected chi connectivity index (χ1v) is 8.24. The second-order valence-electron chi connectivity index (χ2n) is 6.07. The maximum atomic E-state index is 13.1. The van der Waals surface area contributed by atoms with Crippen LogP contribution in [0.5, 0.6) is 11.5 Å². The molecule has 1 aliphatic rings. The van der Waals surface area contributed by atoms with Gasteiger partial charge in [-0.1, -0.05) is 30.3 Å². The first kappa shape index (κ1) is 16.4. The Bertz CT molecular complexity index is 702. The van der Waals surface area contributed by atoms with Crippen molar-refractivity contribution in [3.8, 4) is 11.5 Å². The Labute approximate surface area is 143 Å². The SMILES string of the molecule is COc1cc(C(=O)N2CCCC2c2ccccc2)cc(OC)c1C. The Morgan fingerprint density at radius 3 is 2.29 bits per heavy atom. The van der Waals surface area contributed by atoms with Crippen molar-refractivity contribution in [2.75, 3.05) is 20.8 Å². The number of carbonyl (C=O) groups excluding carboxylic acids is 1. The lowest BCUT2D eigenvalue weighted by Crippen LogP contribution is -2.30. The Kier molecular flexibility index (Phi) is 4.74. The van der Waals surface area contributed by atoms with Crippen LogP contribution in [0.3, 0.4) is 0 Å². The fourth-order valence-electron chi connectivity index (χ4n) is 3.41. The topological polar surface area (TPSA) is 38.8 Å². The van der Waals surface area contributed by atoms with Gasteiger partial charge in [0, 0.05) is 17.7 Å². The van der Waals surface area contributed by atoms with Crippen molar-refractivity contribution >= 4 is 5.91 Å². The predicted molar refractivity (Wildman–Crippen MR) is 93.7 cm³/mol. The molecule has 24 heavy (non-hydrogen) atoms. The molecule has 1 unspecified atom stereocenters. The van der Waals surface area contributed by atoms with Crippen LogP contribution in [0.15, 0.2) is 42.5 Å². The van der Waals surface area contributed by atoms with Gasteiger partial charge >= 0.3 is 0 Å². The average Bonchev–Trinajstić information content (AvgIpc) is 3.11. The van der Waals surface area contributed by atoms with Crippen LogP contribution in [0, 0.1) is 6.92 Å². The molecule has 1 fully saturated rings. The normalized spacial score (nSPS) is 17.0. The van der Waals surface area contributed by atoms with E-state index in [0.29, 0.717) is 17.1 Å². The van der Waals surface area contributed by atoms with Crippen molar-refractivity contribution in [2.24, 2.45) is 0 Å². The van der Waals surface area contributed by atoms with E-state index < -0.39 is 0 Å². The quantitative estimate of drug-likeness (QED) is 0.853. The van der Waals surface area contributed by atoms with E-state index in [0.717, 1.165) is 24.9 Å². The molecule has 0 bridgehead atoms. The van der Waals surface area contributed by atoms with E-state index in [1.165, 1.54) is 5.56 Å². The first-order chi connectivity index (χ1) is 11.7. The fourth-order valence-corrected chi connectivity index (χ4v) is 3.41. The lowest BCUT2D eigenvalue weighted by atomic mass is 10.0. The highest BCUT2D eigenvalue weighted by molar-refractivity contribution is 5.95. The minimum absolute atomic E-state index is 0.0259. The number of likely N-dealkylation sites (tertiary alicyclic amines) is 1. The zero-order chi connectivity index (χ0) is 17.1. The van der Waals surface area contributed by atoms with Crippen molar-refractivity contribution in [2.45, 2.75) is 25.8 Å². The van der Waals surface area contributed by atoms with E-state index in [1.54, 1.807) is 26.4 Å². The van der Waals surface area contributed by atoms with Crippen LogP contribution in [0.2, 0.25) is 0 Å². The van der Waals surface area contributed by atoms with Gasteiger partial charge in [-0.05, 0) is 37.5 Å². The number of nitrogens with zero attached hydrogens (tertiary/aromatic N) is 1. The number of methoxy groups -OCH3 is 2.